The van der Waals surface area contributed by atoms with Crippen LogP contribution in [0.3, 0.4) is 0 Å². The summed E-state index contributed by atoms with van der Waals surface area (Å²) in [6.45, 7) is 0.189. The SMILES string of the molecule is COc1ccc(COc2ccc(CO)cc2)cc1[N+](=O)[O-]. The Labute approximate surface area is 121 Å². The second-order valence-electron chi connectivity index (χ2n) is 4.35. The molecule has 0 aliphatic heterocycles. The molecule has 0 heterocycles. The highest BCUT2D eigenvalue weighted by atomic mass is 16.6. The molecule has 110 valence electrons. The third kappa shape index (κ3) is 3.70. The molecule has 0 aliphatic rings. The van der Waals surface area contributed by atoms with Crippen molar-refractivity contribution in [2.75, 3.05) is 7.11 Å². The summed E-state index contributed by atoms with van der Waals surface area (Å²) in [5, 5.41) is 19.9. The number of aliphatic hydroxyl groups excluding tert-OH is 1. The van der Waals surface area contributed by atoms with Gasteiger partial charge in [0, 0.05) is 6.07 Å². The number of nitro benzene ring substituents is 1. The Bertz CT molecular complexity index is 624. The van der Waals surface area contributed by atoms with Crippen LogP contribution >= 0.6 is 0 Å². The molecule has 0 spiro atoms. The zero-order chi connectivity index (χ0) is 15.2. The average Bonchev–Trinajstić information content (AvgIpc) is 2.53. The second-order valence-corrected chi connectivity index (χ2v) is 4.35. The lowest BCUT2D eigenvalue weighted by Crippen LogP contribution is -1.99. The van der Waals surface area contributed by atoms with Crippen molar-refractivity contribution >= 4 is 5.69 Å². The van der Waals surface area contributed by atoms with E-state index >= 15 is 0 Å². The highest BCUT2D eigenvalue weighted by molar-refractivity contribution is 5.48. The molecule has 0 unspecified atom stereocenters. The highest BCUT2D eigenvalue weighted by Gasteiger charge is 2.15. The molecular formula is C15H15NO5. The molecular weight excluding hydrogens is 274 g/mol. The predicted molar refractivity (Wildman–Crippen MR) is 76.3 cm³/mol. The van der Waals surface area contributed by atoms with Crippen LogP contribution in [-0.2, 0) is 13.2 Å². The summed E-state index contributed by atoms with van der Waals surface area (Å²) in [6.07, 6.45) is 0. The van der Waals surface area contributed by atoms with E-state index in [1.54, 1.807) is 36.4 Å². The fourth-order valence-electron chi connectivity index (χ4n) is 1.83. The van der Waals surface area contributed by atoms with Gasteiger partial charge >= 0.3 is 5.69 Å². The molecule has 0 fully saturated rings. The fourth-order valence-corrected chi connectivity index (χ4v) is 1.83. The maximum absolute atomic E-state index is 10.9. The first kappa shape index (κ1) is 14.8. The summed E-state index contributed by atoms with van der Waals surface area (Å²) >= 11 is 0. The summed E-state index contributed by atoms with van der Waals surface area (Å²) in [7, 11) is 1.39. The van der Waals surface area contributed by atoms with Crippen molar-refractivity contribution in [2.45, 2.75) is 13.2 Å². The summed E-state index contributed by atoms with van der Waals surface area (Å²) in [4.78, 5) is 10.5. The van der Waals surface area contributed by atoms with Crippen LogP contribution in [0, 0.1) is 10.1 Å². The van der Waals surface area contributed by atoms with Gasteiger partial charge in [0.15, 0.2) is 5.75 Å². The topological polar surface area (TPSA) is 81.8 Å². The lowest BCUT2D eigenvalue weighted by Gasteiger charge is -2.08. The van der Waals surface area contributed by atoms with E-state index < -0.39 is 4.92 Å². The zero-order valence-electron chi connectivity index (χ0n) is 11.5. The number of nitrogens with zero attached hydrogens (tertiary/aromatic N) is 1. The molecule has 0 saturated carbocycles. The van der Waals surface area contributed by atoms with Gasteiger partial charge in [-0.05, 0) is 29.3 Å². The number of benzene rings is 2. The predicted octanol–water partition coefficient (Wildman–Crippen LogP) is 2.67. The molecule has 2 rings (SSSR count). The first-order valence-corrected chi connectivity index (χ1v) is 6.28. The maximum Gasteiger partial charge on any atom is 0.311 e. The summed E-state index contributed by atoms with van der Waals surface area (Å²) < 4.78 is 10.5. The van der Waals surface area contributed by atoms with Gasteiger partial charge in [-0.25, -0.2) is 0 Å². The van der Waals surface area contributed by atoms with E-state index in [0.29, 0.717) is 11.3 Å². The number of rotatable bonds is 6. The van der Waals surface area contributed by atoms with Gasteiger partial charge in [-0.15, -0.1) is 0 Å². The Balaban J connectivity index is 2.08. The smallest absolute Gasteiger partial charge is 0.311 e. The van der Waals surface area contributed by atoms with Gasteiger partial charge in [0.2, 0.25) is 0 Å². The van der Waals surface area contributed by atoms with Crippen LogP contribution in [-0.4, -0.2) is 17.1 Å². The van der Waals surface area contributed by atoms with Gasteiger partial charge in [-0.2, -0.15) is 0 Å². The van der Waals surface area contributed by atoms with Crippen LogP contribution in [0.15, 0.2) is 42.5 Å². The number of methoxy groups -OCH3 is 1. The molecule has 21 heavy (non-hydrogen) atoms. The van der Waals surface area contributed by atoms with E-state index in [-0.39, 0.29) is 24.7 Å². The molecule has 6 nitrogen and oxygen atoms in total. The van der Waals surface area contributed by atoms with E-state index in [0.717, 1.165) is 5.56 Å². The normalized spacial score (nSPS) is 10.2. The maximum atomic E-state index is 10.9. The van der Waals surface area contributed by atoms with Crippen LogP contribution < -0.4 is 9.47 Å². The Kier molecular flexibility index (Phi) is 4.73. The molecule has 0 aliphatic carbocycles. The molecule has 0 amide bonds. The van der Waals surface area contributed by atoms with Gasteiger partial charge in [0.25, 0.3) is 0 Å². The van der Waals surface area contributed by atoms with Crippen molar-refractivity contribution in [2.24, 2.45) is 0 Å². The van der Waals surface area contributed by atoms with Gasteiger partial charge in [0.1, 0.15) is 12.4 Å². The third-order valence-electron chi connectivity index (χ3n) is 2.95. The number of aliphatic hydroxyl groups is 1. The molecule has 6 heteroatoms. The van der Waals surface area contributed by atoms with E-state index in [4.69, 9.17) is 14.6 Å². The van der Waals surface area contributed by atoms with Crippen LogP contribution in [0.2, 0.25) is 0 Å². The van der Waals surface area contributed by atoms with Crippen molar-refractivity contribution in [1.29, 1.82) is 0 Å². The first-order chi connectivity index (χ1) is 10.1. The summed E-state index contributed by atoms with van der Waals surface area (Å²) in [6, 6.07) is 11.7. The molecule has 2 aromatic carbocycles. The molecule has 0 aromatic heterocycles. The van der Waals surface area contributed by atoms with E-state index in [9.17, 15) is 10.1 Å². The molecule has 0 atom stereocenters. The Hall–Kier alpha value is -2.60. The standard InChI is InChI=1S/C15H15NO5/c1-20-15-7-4-12(8-14(15)16(18)19)10-21-13-5-2-11(9-17)3-6-13/h2-8,17H,9-10H2,1H3. The van der Waals surface area contributed by atoms with Crippen molar-refractivity contribution in [3.05, 3.63) is 63.7 Å². The fraction of sp³-hybridized carbons (Fsp3) is 0.200. The lowest BCUT2D eigenvalue weighted by molar-refractivity contribution is -0.385. The van der Waals surface area contributed by atoms with Gasteiger partial charge in [0.05, 0.1) is 18.6 Å². The zero-order valence-corrected chi connectivity index (χ0v) is 11.5. The monoisotopic (exact) mass is 289 g/mol. The molecule has 0 saturated heterocycles. The molecule has 0 bridgehead atoms. The van der Waals surface area contributed by atoms with E-state index in [2.05, 4.69) is 0 Å². The average molecular weight is 289 g/mol. The van der Waals surface area contributed by atoms with Crippen LogP contribution in [0.25, 0.3) is 0 Å². The van der Waals surface area contributed by atoms with E-state index in [1.807, 2.05) is 0 Å². The minimum Gasteiger partial charge on any atom is -0.490 e. The van der Waals surface area contributed by atoms with Gasteiger partial charge < -0.3 is 14.6 Å². The van der Waals surface area contributed by atoms with Crippen molar-refractivity contribution in [3.8, 4) is 11.5 Å². The number of hydrogen-bond donors (Lipinski definition) is 1. The highest BCUT2D eigenvalue weighted by Crippen LogP contribution is 2.28. The van der Waals surface area contributed by atoms with Crippen molar-refractivity contribution in [3.63, 3.8) is 0 Å². The number of nitro groups is 1. The molecule has 1 N–H and O–H groups in total. The minimum absolute atomic E-state index is 0.0229. The Morgan fingerprint density at radius 2 is 1.81 bits per heavy atom. The van der Waals surface area contributed by atoms with Crippen molar-refractivity contribution < 1.29 is 19.5 Å². The molecule has 2 aromatic rings. The number of hydrogen-bond acceptors (Lipinski definition) is 5. The van der Waals surface area contributed by atoms with Gasteiger partial charge in [-0.3, -0.25) is 10.1 Å². The number of ether oxygens (including phenoxy) is 2. The third-order valence-corrected chi connectivity index (χ3v) is 2.95. The van der Waals surface area contributed by atoms with Crippen LogP contribution in [0.5, 0.6) is 11.5 Å². The second kappa shape index (κ2) is 6.71. The van der Waals surface area contributed by atoms with Crippen LogP contribution in [0.1, 0.15) is 11.1 Å². The quantitative estimate of drug-likeness (QED) is 0.653. The lowest BCUT2D eigenvalue weighted by atomic mass is 10.2. The summed E-state index contributed by atoms with van der Waals surface area (Å²) in [5.41, 5.74) is 1.38. The van der Waals surface area contributed by atoms with Crippen molar-refractivity contribution in [1.82, 2.24) is 0 Å². The minimum atomic E-state index is -0.488. The van der Waals surface area contributed by atoms with Gasteiger partial charge in [-0.1, -0.05) is 18.2 Å². The summed E-state index contributed by atoms with van der Waals surface area (Å²) in [5.74, 6) is 0.849. The largest absolute Gasteiger partial charge is 0.490 e. The van der Waals surface area contributed by atoms with E-state index in [1.165, 1.54) is 13.2 Å². The Morgan fingerprint density at radius 3 is 2.38 bits per heavy atom. The Morgan fingerprint density at radius 1 is 1.14 bits per heavy atom. The molecule has 0 radical (unpaired) electrons. The van der Waals surface area contributed by atoms with Crippen LogP contribution in [0.4, 0.5) is 5.69 Å². The first-order valence-electron chi connectivity index (χ1n) is 6.28.